The highest BCUT2D eigenvalue weighted by Gasteiger charge is 2.05. The van der Waals surface area contributed by atoms with E-state index in [2.05, 4.69) is 27.3 Å². The SMILES string of the molecule is CN=C(NCCOCCOC)N(C)Cc1ccccc1. The zero-order valence-corrected chi connectivity index (χ0v) is 12.6. The smallest absolute Gasteiger partial charge is 0.193 e. The first-order valence-electron chi connectivity index (χ1n) is 6.80. The molecule has 20 heavy (non-hydrogen) atoms. The normalized spacial score (nSPS) is 11.4. The van der Waals surface area contributed by atoms with Crippen LogP contribution in [0.5, 0.6) is 0 Å². The number of hydrogen-bond acceptors (Lipinski definition) is 3. The van der Waals surface area contributed by atoms with Crippen LogP contribution in [0, 0.1) is 0 Å². The number of aliphatic imine (C=N–C) groups is 1. The van der Waals surface area contributed by atoms with Gasteiger partial charge in [0.25, 0.3) is 0 Å². The Morgan fingerprint density at radius 2 is 1.95 bits per heavy atom. The Morgan fingerprint density at radius 3 is 2.60 bits per heavy atom. The molecule has 0 atom stereocenters. The average molecular weight is 279 g/mol. The molecular weight excluding hydrogens is 254 g/mol. The molecule has 5 heteroatoms. The molecule has 0 aliphatic rings. The number of ether oxygens (including phenoxy) is 2. The molecular formula is C15H25N3O2. The van der Waals surface area contributed by atoms with Crippen molar-refractivity contribution in [1.82, 2.24) is 10.2 Å². The number of hydrogen-bond donors (Lipinski definition) is 1. The van der Waals surface area contributed by atoms with Crippen LogP contribution in [0.1, 0.15) is 5.56 Å². The lowest BCUT2D eigenvalue weighted by Crippen LogP contribution is -2.40. The van der Waals surface area contributed by atoms with Crippen LogP contribution in [0.15, 0.2) is 35.3 Å². The molecule has 0 bridgehead atoms. The summed E-state index contributed by atoms with van der Waals surface area (Å²) in [4.78, 5) is 6.36. The summed E-state index contributed by atoms with van der Waals surface area (Å²) in [5.74, 6) is 0.865. The Kier molecular flexibility index (Phi) is 8.42. The van der Waals surface area contributed by atoms with Crippen molar-refractivity contribution in [3.8, 4) is 0 Å². The van der Waals surface area contributed by atoms with Crippen LogP contribution in [0.25, 0.3) is 0 Å². The number of benzene rings is 1. The topological polar surface area (TPSA) is 46.1 Å². The maximum absolute atomic E-state index is 5.41. The Bertz CT molecular complexity index is 382. The van der Waals surface area contributed by atoms with Crippen molar-refractivity contribution >= 4 is 5.96 Å². The fourth-order valence-electron chi connectivity index (χ4n) is 1.80. The monoisotopic (exact) mass is 279 g/mol. The van der Waals surface area contributed by atoms with Crippen molar-refractivity contribution in [2.45, 2.75) is 6.54 Å². The van der Waals surface area contributed by atoms with Crippen LogP contribution in [-0.4, -0.2) is 58.4 Å². The van der Waals surface area contributed by atoms with Gasteiger partial charge in [0, 0.05) is 34.3 Å². The van der Waals surface area contributed by atoms with Gasteiger partial charge in [0.1, 0.15) is 0 Å². The predicted octanol–water partition coefficient (Wildman–Crippen LogP) is 1.36. The molecule has 1 aromatic carbocycles. The first kappa shape index (κ1) is 16.5. The van der Waals surface area contributed by atoms with Crippen LogP contribution >= 0.6 is 0 Å². The maximum atomic E-state index is 5.41. The van der Waals surface area contributed by atoms with Crippen molar-refractivity contribution in [1.29, 1.82) is 0 Å². The zero-order valence-electron chi connectivity index (χ0n) is 12.6. The van der Waals surface area contributed by atoms with E-state index < -0.39 is 0 Å². The zero-order chi connectivity index (χ0) is 14.6. The second-order valence-corrected chi connectivity index (χ2v) is 4.42. The van der Waals surface area contributed by atoms with E-state index in [1.54, 1.807) is 14.2 Å². The number of nitrogens with one attached hydrogen (secondary N) is 1. The molecule has 0 saturated carbocycles. The summed E-state index contributed by atoms with van der Waals surface area (Å²) < 4.78 is 10.3. The van der Waals surface area contributed by atoms with Crippen molar-refractivity contribution in [2.24, 2.45) is 4.99 Å². The lowest BCUT2D eigenvalue weighted by atomic mass is 10.2. The van der Waals surface area contributed by atoms with Gasteiger partial charge < -0.3 is 19.7 Å². The van der Waals surface area contributed by atoms with Crippen molar-refractivity contribution in [3.63, 3.8) is 0 Å². The van der Waals surface area contributed by atoms with Gasteiger partial charge in [0.05, 0.1) is 19.8 Å². The number of methoxy groups -OCH3 is 1. The van der Waals surface area contributed by atoms with Gasteiger partial charge in [-0.1, -0.05) is 30.3 Å². The first-order chi connectivity index (χ1) is 9.77. The van der Waals surface area contributed by atoms with Gasteiger partial charge in [0.2, 0.25) is 0 Å². The molecule has 5 nitrogen and oxygen atoms in total. The summed E-state index contributed by atoms with van der Waals surface area (Å²) in [5, 5.41) is 3.28. The van der Waals surface area contributed by atoms with Gasteiger partial charge in [-0.05, 0) is 5.56 Å². The van der Waals surface area contributed by atoms with Crippen molar-refractivity contribution in [2.75, 3.05) is 47.6 Å². The minimum Gasteiger partial charge on any atom is -0.382 e. The molecule has 0 fully saturated rings. The second kappa shape index (κ2) is 10.2. The third-order valence-corrected chi connectivity index (χ3v) is 2.80. The van der Waals surface area contributed by atoms with E-state index in [0.717, 1.165) is 19.0 Å². The number of rotatable bonds is 8. The molecule has 0 aliphatic carbocycles. The maximum Gasteiger partial charge on any atom is 0.193 e. The molecule has 0 amide bonds. The molecule has 1 aromatic rings. The summed E-state index contributed by atoms with van der Waals surface area (Å²) in [7, 11) is 5.48. The Hall–Kier alpha value is -1.59. The highest BCUT2D eigenvalue weighted by Crippen LogP contribution is 2.02. The number of nitrogens with zero attached hydrogens (tertiary/aromatic N) is 2. The highest BCUT2D eigenvalue weighted by atomic mass is 16.5. The van der Waals surface area contributed by atoms with Gasteiger partial charge in [-0.15, -0.1) is 0 Å². The first-order valence-corrected chi connectivity index (χ1v) is 6.80. The largest absolute Gasteiger partial charge is 0.382 e. The van der Waals surface area contributed by atoms with Gasteiger partial charge in [-0.2, -0.15) is 0 Å². The van der Waals surface area contributed by atoms with Crippen LogP contribution < -0.4 is 5.32 Å². The number of guanidine groups is 1. The molecule has 0 aromatic heterocycles. The Labute approximate surface area is 121 Å². The molecule has 0 heterocycles. The van der Waals surface area contributed by atoms with Gasteiger partial charge in [0.15, 0.2) is 5.96 Å². The minimum atomic E-state index is 0.622. The van der Waals surface area contributed by atoms with E-state index in [1.165, 1.54) is 5.56 Å². The summed E-state index contributed by atoms with van der Waals surface area (Å²) in [6.07, 6.45) is 0. The molecule has 0 radical (unpaired) electrons. The lowest BCUT2D eigenvalue weighted by molar-refractivity contribution is 0.0731. The highest BCUT2D eigenvalue weighted by molar-refractivity contribution is 5.79. The molecule has 112 valence electrons. The van der Waals surface area contributed by atoms with Gasteiger partial charge >= 0.3 is 0 Å². The van der Waals surface area contributed by atoms with Gasteiger partial charge in [-0.25, -0.2) is 0 Å². The third-order valence-electron chi connectivity index (χ3n) is 2.80. The fourth-order valence-corrected chi connectivity index (χ4v) is 1.80. The summed E-state index contributed by atoms with van der Waals surface area (Å²) >= 11 is 0. The Morgan fingerprint density at radius 1 is 1.20 bits per heavy atom. The molecule has 0 saturated heterocycles. The summed E-state index contributed by atoms with van der Waals surface area (Å²) in [5.41, 5.74) is 1.26. The molecule has 1 N–H and O–H groups in total. The molecule has 0 unspecified atom stereocenters. The van der Waals surface area contributed by atoms with Crippen molar-refractivity contribution in [3.05, 3.63) is 35.9 Å². The lowest BCUT2D eigenvalue weighted by Gasteiger charge is -2.22. The van der Waals surface area contributed by atoms with Crippen LogP contribution in [0.2, 0.25) is 0 Å². The van der Waals surface area contributed by atoms with E-state index in [1.807, 2.05) is 25.2 Å². The Balaban J connectivity index is 2.27. The van der Waals surface area contributed by atoms with E-state index in [9.17, 15) is 0 Å². The van der Waals surface area contributed by atoms with Crippen molar-refractivity contribution < 1.29 is 9.47 Å². The van der Waals surface area contributed by atoms with E-state index in [4.69, 9.17) is 9.47 Å². The minimum absolute atomic E-state index is 0.622. The molecule has 1 rings (SSSR count). The van der Waals surface area contributed by atoms with E-state index in [0.29, 0.717) is 19.8 Å². The van der Waals surface area contributed by atoms with E-state index >= 15 is 0 Å². The third kappa shape index (κ3) is 6.54. The molecule has 0 aliphatic heterocycles. The van der Waals surface area contributed by atoms with Crippen LogP contribution in [0.3, 0.4) is 0 Å². The van der Waals surface area contributed by atoms with E-state index in [-0.39, 0.29) is 0 Å². The molecule has 0 spiro atoms. The van der Waals surface area contributed by atoms with Gasteiger partial charge in [-0.3, -0.25) is 4.99 Å². The average Bonchev–Trinajstić information content (AvgIpc) is 2.47. The standard InChI is InChI=1S/C15H25N3O2/c1-16-15(17-9-10-20-12-11-19-3)18(2)13-14-7-5-4-6-8-14/h4-8H,9-13H2,1-3H3,(H,16,17). The second-order valence-electron chi connectivity index (χ2n) is 4.42. The van der Waals surface area contributed by atoms with Crippen LogP contribution in [0.4, 0.5) is 0 Å². The summed E-state index contributed by atoms with van der Waals surface area (Å²) in [6, 6.07) is 10.3. The summed E-state index contributed by atoms with van der Waals surface area (Å²) in [6.45, 7) is 3.45. The van der Waals surface area contributed by atoms with Crippen LogP contribution in [-0.2, 0) is 16.0 Å². The quantitative estimate of drug-likeness (QED) is 0.443. The predicted molar refractivity (Wildman–Crippen MR) is 82.0 cm³/mol. The fraction of sp³-hybridized carbons (Fsp3) is 0.533.